The summed E-state index contributed by atoms with van der Waals surface area (Å²) < 4.78 is 30.2. The van der Waals surface area contributed by atoms with Gasteiger partial charge < -0.3 is 9.88 Å². The summed E-state index contributed by atoms with van der Waals surface area (Å²) in [6.07, 6.45) is 10.4. The van der Waals surface area contributed by atoms with E-state index < -0.39 is 10.0 Å². The van der Waals surface area contributed by atoms with E-state index in [9.17, 15) is 13.2 Å². The Morgan fingerprint density at radius 2 is 1.83 bits per heavy atom. The normalized spacial score (nSPS) is 22.1. The van der Waals surface area contributed by atoms with Crippen LogP contribution in [0.4, 0.5) is 0 Å². The summed E-state index contributed by atoms with van der Waals surface area (Å²) in [7, 11) is -3.61. The average molecular weight is 432 g/mol. The van der Waals surface area contributed by atoms with E-state index in [-0.39, 0.29) is 24.4 Å². The van der Waals surface area contributed by atoms with Gasteiger partial charge in [-0.3, -0.25) is 4.79 Å². The number of benzene rings is 1. The van der Waals surface area contributed by atoms with Crippen molar-refractivity contribution in [1.29, 1.82) is 0 Å². The second kappa shape index (κ2) is 9.10. The molecule has 1 aromatic heterocycles. The molecule has 2 aromatic rings. The Labute approximate surface area is 179 Å². The molecule has 6 nitrogen and oxygen atoms in total. The lowest BCUT2D eigenvalue weighted by molar-refractivity contribution is -0.126. The molecule has 0 spiro atoms. The number of piperidine rings is 1. The van der Waals surface area contributed by atoms with Gasteiger partial charge in [-0.05, 0) is 56.9 Å². The van der Waals surface area contributed by atoms with Gasteiger partial charge >= 0.3 is 0 Å². The Morgan fingerprint density at radius 1 is 1.07 bits per heavy atom. The standard InChI is InChI=1S/C23H33N3O3S/c1-2-25-15-13-18-16-21(11-12-22(18)25)30(28,29)26-14-7-8-19(17-26)23(27)24-20-9-5-3-4-6-10-20/h11-13,15-16,19-20H,2-10,14,17H2,1H3,(H,24,27)/t19-/m1/s1. The molecular weight excluding hydrogens is 398 g/mol. The molecule has 1 aliphatic heterocycles. The number of carbonyl (C=O) groups excluding carboxylic acids is 1. The summed E-state index contributed by atoms with van der Waals surface area (Å²) >= 11 is 0. The maximum Gasteiger partial charge on any atom is 0.243 e. The number of aromatic nitrogens is 1. The molecule has 1 N–H and O–H groups in total. The number of hydrogen-bond donors (Lipinski definition) is 1. The highest BCUT2D eigenvalue weighted by Gasteiger charge is 2.34. The first-order valence-corrected chi connectivity index (χ1v) is 12.8. The molecule has 164 valence electrons. The Morgan fingerprint density at radius 3 is 2.57 bits per heavy atom. The van der Waals surface area contributed by atoms with Crippen molar-refractivity contribution in [2.45, 2.75) is 75.8 Å². The van der Waals surface area contributed by atoms with Crippen LogP contribution in [0.25, 0.3) is 10.9 Å². The molecule has 7 heteroatoms. The molecule has 1 aromatic carbocycles. The van der Waals surface area contributed by atoms with Crippen molar-refractivity contribution in [1.82, 2.24) is 14.2 Å². The molecule has 4 rings (SSSR count). The van der Waals surface area contributed by atoms with Crippen LogP contribution < -0.4 is 5.32 Å². The third-order valence-corrected chi connectivity index (χ3v) is 8.54. The van der Waals surface area contributed by atoms with Gasteiger partial charge in [0, 0.05) is 42.8 Å². The van der Waals surface area contributed by atoms with Crippen molar-refractivity contribution >= 4 is 26.8 Å². The number of nitrogens with one attached hydrogen (secondary N) is 1. The van der Waals surface area contributed by atoms with Gasteiger partial charge in [-0.15, -0.1) is 0 Å². The summed E-state index contributed by atoms with van der Waals surface area (Å²) in [6.45, 7) is 3.66. The highest BCUT2D eigenvalue weighted by Crippen LogP contribution is 2.27. The fraction of sp³-hybridized carbons (Fsp3) is 0.609. The number of fused-ring (bicyclic) bond motifs is 1. The van der Waals surface area contributed by atoms with E-state index >= 15 is 0 Å². The molecular formula is C23H33N3O3S. The number of nitrogens with zero attached hydrogens (tertiary/aromatic N) is 2. The Hall–Kier alpha value is -1.86. The first-order valence-electron chi connectivity index (χ1n) is 11.4. The molecule has 30 heavy (non-hydrogen) atoms. The van der Waals surface area contributed by atoms with Gasteiger partial charge in [0.15, 0.2) is 0 Å². The van der Waals surface area contributed by atoms with Gasteiger partial charge in [0.25, 0.3) is 0 Å². The molecule has 1 saturated carbocycles. The second-order valence-electron chi connectivity index (χ2n) is 8.72. The lowest BCUT2D eigenvalue weighted by Gasteiger charge is -2.32. The smallest absolute Gasteiger partial charge is 0.243 e. The highest BCUT2D eigenvalue weighted by atomic mass is 32.2. The Kier molecular flexibility index (Phi) is 6.48. The van der Waals surface area contributed by atoms with Crippen molar-refractivity contribution in [3.05, 3.63) is 30.5 Å². The van der Waals surface area contributed by atoms with Gasteiger partial charge in [0.2, 0.25) is 15.9 Å². The third kappa shape index (κ3) is 4.42. The maximum absolute atomic E-state index is 13.3. The Balaban J connectivity index is 1.47. The molecule has 1 atom stereocenters. The summed E-state index contributed by atoms with van der Waals surface area (Å²) in [4.78, 5) is 13.2. The SMILES string of the molecule is CCn1ccc2cc(S(=O)(=O)N3CCC[C@@H](C(=O)NC4CCCCCC4)C3)ccc21. The molecule has 2 fully saturated rings. The largest absolute Gasteiger partial charge is 0.353 e. The van der Waals surface area contributed by atoms with Crippen LogP contribution in [0.1, 0.15) is 58.3 Å². The molecule has 0 unspecified atom stereocenters. The molecule has 0 bridgehead atoms. The molecule has 1 saturated heterocycles. The van der Waals surface area contributed by atoms with Crippen LogP contribution >= 0.6 is 0 Å². The summed E-state index contributed by atoms with van der Waals surface area (Å²) in [5, 5.41) is 4.14. The number of rotatable bonds is 5. The lowest BCUT2D eigenvalue weighted by Crippen LogP contribution is -2.47. The number of sulfonamides is 1. The molecule has 0 radical (unpaired) electrons. The van der Waals surface area contributed by atoms with E-state index in [4.69, 9.17) is 0 Å². The predicted molar refractivity (Wildman–Crippen MR) is 119 cm³/mol. The van der Waals surface area contributed by atoms with Crippen LogP contribution in [-0.4, -0.2) is 42.3 Å². The molecule has 2 aliphatic rings. The van der Waals surface area contributed by atoms with Gasteiger partial charge in [0.1, 0.15) is 0 Å². The zero-order chi connectivity index (χ0) is 21.1. The quantitative estimate of drug-likeness (QED) is 0.730. The Bertz CT molecular complexity index is 990. The minimum absolute atomic E-state index is 0.0253. The van der Waals surface area contributed by atoms with Crippen LogP contribution in [0.3, 0.4) is 0 Å². The average Bonchev–Trinajstić information content (AvgIpc) is 3.00. The minimum Gasteiger partial charge on any atom is -0.353 e. The number of amides is 1. The van der Waals surface area contributed by atoms with Crippen LogP contribution in [0.2, 0.25) is 0 Å². The lowest BCUT2D eigenvalue weighted by atomic mass is 9.97. The number of carbonyl (C=O) groups is 1. The van der Waals surface area contributed by atoms with Gasteiger partial charge in [-0.1, -0.05) is 25.7 Å². The summed E-state index contributed by atoms with van der Waals surface area (Å²) in [5.41, 5.74) is 1.04. The second-order valence-corrected chi connectivity index (χ2v) is 10.7. The van der Waals surface area contributed by atoms with Gasteiger partial charge in [0.05, 0.1) is 10.8 Å². The van der Waals surface area contributed by atoms with Crippen molar-refractivity contribution in [3.8, 4) is 0 Å². The first kappa shape index (κ1) is 21.4. The summed E-state index contributed by atoms with van der Waals surface area (Å²) in [6, 6.07) is 7.53. The summed E-state index contributed by atoms with van der Waals surface area (Å²) in [5.74, 6) is -0.237. The van der Waals surface area contributed by atoms with Crippen molar-refractivity contribution in [3.63, 3.8) is 0 Å². The molecule has 2 heterocycles. The minimum atomic E-state index is -3.61. The fourth-order valence-electron chi connectivity index (χ4n) is 4.88. The van der Waals surface area contributed by atoms with Crippen LogP contribution in [0, 0.1) is 5.92 Å². The number of aryl methyl sites for hydroxylation is 1. The zero-order valence-corrected chi connectivity index (χ0v) is 18.7. The molecule has 1 amide bonds. The van der Waals surface area contributed by atoms with E-state index in [2.05, 4.69) is 16.8 Å². The van der Waals surface area contributed by atoms with Crippen LogP contribution in [0.15, 0.2) is 35.4 Å². The van der Waals surface area contributed by atoms with Gasteiger partial charge in [-0.25, -0.2) is 8.42 Å². The van der Waals surface area contributed by atoms with E-state index in [1.54, 1.807) is 12.1 Å². The topological polar surface area (TPSA) is 71.4 Å². The van der Waals surface area contributed by atoms with Crippen molar-refractivity contribution in [2.24, 2.45) is 5.92 Å². The highest BCUT2D eigenvalue weighted by molar-refractivity contribution is 7.89. The first-order chi connectivity index (χ1) is 14.5. The predicted octanol–water partition coefficient (Wildman–Crippen LogP) is 3.90. The number of hydrogen-bond acceptors (Lipinski definition) is 3. The third-order valence-electron chi connectivity index (χ3n) is 6.68. The van der Waals surface area contributed by atoms with Crippen LogP contribution in [-0.2, 0) is 21.4 Å². The monoisotopic (exact) mass is 431 g/mol. The maximum atomic E-state index is 13.3. The van der Waals surface area contributed by atoms with E-state index in [0.29, 0.717) is 11.4 Å². The zero-order valence-electron chi connectivity index (χ0n) is 17.8. The van der Waals surface area contributed by atoms with Crippen LogP contribution in [0.5, 0.6) is 0 Å². The van der Waals surface area contributed by atoms with E-state index in [0.717, 1.165) is 43.1 Å². The fourth-order valence-corrected chi connectivity index (χ4v) is 6.44. The van der Waals surface area contributed by atoms with Crippen molar-refractivity contribution in [2.75, 3.05) is 13.1 Å². The van der Waals surface area contributed by atoms with Crippen molar-refractivity contribution < 1.29 is 13.2 Å². The van der Waals surface area contributed by atoms with E-state index in [1.165, 1.54) is 30.0 Å². The molecule has 1 aliphatic carbocycles. The van der Waals surface area contributed by atoms with E-state index in [1.807, 2.05) is 18.3 Å². The van der Waals surface area contributed by atoms with Gasteiger partial charge in [-0.2, -0.15) is 4.31 Å².